The highest BCUT2D eigenvalue weighted by Crippen LogP contribution is 2.43. The molecule has 0 saturated carbocycles. The summed E-state index contributed by atoms with van der Waals surface area (Å²) in [5.41, 5.74) is 1.79. The maximum atomic E-state index is 12.6. The van der Waals surface area contributed by atoms with Gasteiger partial charge in [0.25, 0.3) is 0 Å². The first-order valence-corrected chi connectivity index (χ1v) is 9.27. The lowest BCUT2D eigenvalue weighted by Gasteiger charge is -2.39. The summed E-state index contributed by atoms with van der Waals surface area (Å²) in [6.45, 7) is 3.88. The highest BCUT2D eigenvalue weighted by Gasteiger charge is 2.44. The molecule has 1 aliphatic carbocycles. The van der Waals surface area contributed by atoms with Gasteiger partial charge >= 0.3 is 0 Å². The van der Waals surface area contributed by atoms with Crippen molar-refractivity contribution in [3.63, 3.8) is 0 Å². The molecular weight excluding hydrogens is 288 g/mol. The maximum absolute atomic E-state index is 12.6. The topological polar surface area (TPSA) is 32.8 Å². The van der Waals surface area contributed by atoms with E-state index in [-0.39, 0.29) is 0 Å². The third kappa shape index (κ3) is 3.97. The van der Waals surface area contributed by atoms with Crippen LogP contribution in [0.5, 0.6) is 0 Å². The molecule has 23 heavy (non-hydrogen) atoms. The Morgan fingerprint density at radius 3 is 2.78 bits per heavy atom. The molecule has 1 spiro atoms. The molecule has 0 unspecified atom stereocenters. The Balaban J connectivity index is 1.50. The number of carbonyl (C=O) groups is 1. The van der Waals surface area contributed by atoms with E-state index in [1.807, 2.05) is 0 Å². The van der Waals surface area contributed by atoms with Crippen LogP contribution in [0.4, 0.5) is 0 Å². The van der Waals surface area contributed by atoms with Crippen LogP contribution in [-0.4, -0.2) is 62.1 Å². The number of piperidine rings is 1. The van der Waals surface area contributed by atoms with Crippen LogP contribution >= 0.6 is 0 Å². The molecule has 0 aromatic rings. The molecule has 4 heteroatoms. The fraction of sp³-hybridized carbons (Fsp3) is 0.842. The van der Waals surface area contributed by atoms with Gasteiger partial charge in [0.05, 0.1) is 6.61 Å². The van der Waals surface area contributed by atoms with Crippen LogP contribution in [0, 0.1) is 5.41 Å². The zero-order chi connectivity index (χ0) is 16.3. The first-order valence-electron chi connectivity index (χ1n) is 9.27. The van der Waals surface area contributed by atoms with E-state index in [1.54, 1.807) is 7.11 Å². The van der Waals surface area contributed by atoms with Gasteiger partial charge in [0.15, 0.2) is 0 Å². The number of hydrogen-bond donors (Lipinski definition) is 0. The van der Waals surface area contributed by atoms with Crippen LogP contribution < -0.4 is 0 Å². The van der Waals surface area contributed by atoms with Crippen LogP contribution in [0.2, 0.25) is 0 Å². The Bertz CT molecular complexity index is 452. The van der Waals surface area contributed by atoms with Gasteiger partial charge in [-0.2, -0.15) is 0 Å². The van der Waals surface area contributed by atoms with Crippen molar-refractivity contribution < 1.29 is 9.53 Å². The second kappa shape index (κ2) is 7.35. The number of nitrogens with zero attached hydrogens (tertiary/aromatic N) is 2. The van der Waals surface area contributed by atoms with Crippen molar-refractivity contribution in [2.75, 3.05) is 40.4 Å². The molecule has 1 atom stereocenters. The Kier molecular flexibility index (Phi) is 5.42. The van der Waals surface area contributed by atoms with Gasteiger partial charge in [0.1, 0.15) is 0 Å². The van der Waals surface area contributed by atoms with Crippen molar-refractivity contribution in [3.8, 4) is 0 Å². The van der Waals surface area contributed by atoms with Gasteiger partial charge in [-0.25, -0.2) is 0 Å². The van der Waals surface area contributed by atoms with E-state index in [4.69, 9.17) is 4.74 Å². The maximum Gasteiger partial charge on any atom is 0.226 e. The van der Waals surface area contributed by atoms with E-state index in [1.165, 1.54) is 31.3 Å². The third-order valence-corrected chi connectivity index (χ3v) is 6.18. The molecular formula is C19H32N2O2. The zero-order valence-electron chi connectivity index (χ0n) is 14.9. The van der Waals surface area contributed by atoms with E-state index < -0.39 is 0 Å². The minimum Gasteiger partial charge on any atom is -0.383 e. The second-order valence-electron chi connectivity index (χ2n) is 7.89. The van der Waals surface area contributed by atoms with Crippen molar-refractivity contribution in [3.05, 3.63) is 11.6 Å². The largest absolute Gasteiger partial charge is 0.383 e. The number of hydrogen-bond acceptors (Lipinski definition) is 3. The summed E-state index contributed by atoms with van der Waals surface area (Å²) in [7, 11) is 4.01. The van der Waals surface area contributed by atoms with Crippen LogP contribution in [0.1, 0.15) is 51.4 Å². The molecule has 2 fully saturated rings. The molecule has 0 N–H and O–H groups in total. The van der Waals surface area contributed by atoms with E-state index >= 15 is 0 Å². The van der Waals surface area contributed by atoms with Gasteiger partial charge < -0.3 is 14.5 Å². The molecule has 3 rings (SSSR count). The Hall–Kier alpha value is -0.870. The first kappa shape index (κ1) is 17.0. The molecule has 0 radical (unpaired) electrons. The standard InChI is InChI=1S/C19H32N2O2/c1-20-15-19(13-17(20)14-23-2)8-10-21(11-9-19)18(22)12-16-6-4-3-5-7-16/h6,17H,3-5,7-15H2,1-2H3/t17-/m1/s1. The van der Waals surface area contributed by atoms with Gasteiger partial charge in [-0.3, -0.25) is 4.79 Å². The lowest BCUT2D eigenvalue weighted by atomic mass is 9.76. The van der Waals surface area contributed by atoms with Crippen molar-refractivity contribution in [2.45, 2.75) is 57.4 Å². The molecule has 3 aliphatic rings. The molecule has 2 aliphatic heterocycles. The molecule has 0 aromatic heterocycles. The van der Waals surface area contributed by atoms with Crippen molar-refractivity contribution in [2.24, 2.45) is 5.41 Å². The number of amides is 1. The third-order valence-electron chi connectivity index (χ3n) is 6.18. The summed E-state index contributed by atoms with van der Waals surface area (Å²) >= 11 is 0. The van der Waals surface area contributed by atoms with Gasteiger partial charge in [0, 0.05) is 39.2 Å². The number of ether oxygens (including phenoxy) is 1. The normalized spacial score (nSPS) is 28.2. The fourth-order valence-electron chi connectivity index (χ4n) is 4.72. The van der Waals surface area contributed by atoms with Crippen molar-refractivity contribution >= 4 is 5.91 Å². The minimum absolute atomic E-state index is 0.354. The smallest absolute Gasteiger partial charge is 0.226 e. The Morgan fingerprint density at radius 2 is 2.13 bits per heavy atom. The summed E-state index contributed by atoms with van der Waals surface area (Å²) < 4.78 is 5.36. The number of carbonyl (C=O) groups excluding carboxylic acids is 1. The summed E-state index contributed by atoms with van der Waals surface area (Å²) in [5.74, 6) is 0.354. The van der Waals surface area contributed by atoms with Gasteiger partial charge in [-0.15, -0.1) is 0 Å². The predicted molar refractivity (Wildman–Crippen MR) is 92.3 cm³/mol. The molecule has 0 bridgehead atoms. The van der Waals surface area contributed by atoms with Gasteiger partial charge in [-0.05, 0) is 57.4 Å². The van der Waals surface area contributed by atoms with Gasteiger partial charge in [0.2, 0.25) is 5.91 Å². The molecule has 2 saturated heterocycles. The summed E-state index contributed by atoms with van der Waals surface area (Å²) in [6.07, 6.45) is 11.4. The molecule has 0 aromatic carbocycles. The van der Waals surface area contributed by atoms with E-state index in [0.717, 1.165) is 45.5 Å². The molecule has 2 heterocycles. The monoisotopic (exact) mass is 320 g/mol. The summed E-state index contributed by atoms with van der Waals surface area (Å²) in [6, 6.07) is 0.551. The van der Waals surface area contributed by atoms with Crippen molar-refractivity contribution in [1.82, 2.24) is 9.80 Å². The SMILES string of the molecule is COC[C@H]1CC2(CCN(C(=O)CC3=CCCCC3)CC2)CN1C. The molecule has 1 amide bonds. The molecule has 130 valence electrons. The number of rotatable bonds is 4. The number of likely N-dealkylation sites (tertiary alicyclic amines) is 2. The first-order chi connectivity index (χ1) is 11.1. The van der Waals surface area contributed by atoms with Crippen LogP contribution in [0.15, 0.2) is 11.6 Å². The lowest BCUT2D eigenvalue weighted by Crippen LogP contribution is -2.44. The zero-order valence-corrected chi connectivity index (χ0v) is 14.9. The Morgan fingerprint density at radius 1 is 1.35 bits per heavy atom. The number of likely N-dealkylation sites (N-methyl/N-ethyl adjacent to an activating group) is 1. The lowest BCUT2D eigenvalue weighted by molar-refractivity contribution is -0.132. The molecule has 4 nitrogen and oxygen atoms in total. The van der Waals surface area contributed by atoms with Crippen molar-refractivity contribution in [1.29, 1.82) is 0 Å². The average Bonchev–Trinajstić information content (AvgIpc) is 2.85. The summed E-state index contributed by atoms with van der Waals surface area (Å²) in [4.78, 5) is 17.1. The number of methoxy groups -OCH3 is 1. The van der Waals surface area contributed by atoms with Crippen LogP contribution in [-0.2, 0) is 9.53 Å². The average molecular weight is 320 g/mol. The van der Waals surface area contributed by atoms with E-state index in [9.17, 15) is 4.79 Å². The quantitative estimate of drug-likeness (QED) is 0.747. The van der Waals surface area contributed by atoms with Crippen LogP contribution in [0.25, 0.3) is 0 Å². The highest BCUT2D eigenvalue weighted by molar-refractivity contribution is 5.78. The fourth-order valence-corrected chi connectivity index (χ4v) is 4.72. The van der Waals surface area contributed by atoms with E-state index in [2.05, 4.69) is 22.9 Å². The Labute approximate surface area is 140 Å². The second-order valence-corrected chi connectivity index (χ2v) is 7.89. The highest BCUT2D eigenvalue weighted by atomic mass is 16.5. The number of allylic oxidation sites excluding steroid dienone is 1. The summed E-state index contributed by atoms with van der Waals surface area (Å²) in [5, 5.41) is 0. The predicted octanol–water partition coefficient (Wildman–Crippen LogP) is 2.84. The minimum atomic E-state index is 0.354. The van der Waals surface area contributed by atoms with E-state index in [0.29, 0.717) is 23.8 Å². The van der Waals surface area contributed by atoms with Crippen LogP contribution in [0.3, 0.4) is 0 Å². The van der Waals surface area contributed by atoms with Gasteiger partial charge in [-0.1, -0.05) is 11.6 Å².